The van der Waals surface area contributed by atoms with Crippen LogP contribution < -0.4 is 51.4 Å². The number of hydrogen-bond donors (Lipinski definition) is 4. The monoisotopic (exact) mass is 340 g/mol. The molecule has 12 heavy (non-hydrogen) atoms. The molecule has 0 fully saturated rings. The van der Waals surface area contributed by atoms with Crippen molar-refractivity contribution >= 4 is 15.6 Å². The van der Waals surface area contributed by atoms with Gasteiger partial charge < -0.3 is 21.0 Å². The minimum Gasteiger partial charge on any atom is -1.00 e. The smallest absolute Gasteiger partial charge is 1.00 e. The summed E-state index contributed by atoms with van der Waals surface area (Å²) < 4.78 is 22.2. The summed E-state index contributed by atoms with van der Waals surface area (Å²) in [6, 6.07) is 0. The molecule has 0 saturated carbocycles. The van der Waals surface area contributed by atoms with Crippen LogP contribution in [0.15, 0.2) is 0 Å². The maximum Gasteiger partial charge on any atom is 1.00 e. The second-order valence-electron chi connectivity index (χ2n) is 1.06. The van der Waals surface area contributed by atoms with Crippen LogP contribution in [0.4, 0.5) is 0 Å². The van der Waals surface area contributed by atoms with Crippen LogP contribution in [0.2, 0.25) is 0 Å². The van der Waals surface area contributed by atoms with Gasteiger partial charge in [0, 0.05) is 36.0 Å². The van der Waals surface area contributed by atoms with Crippen molar-refractivity contribution in [1.29, 1.82) is 0 Å². The molecule has 0 amide bonds. The van der Waals surface area contributed by atoms with Crippen LogP contribution in [0.25, 0.3) is 0 Å². The minimum atomic E-state index is -5.05. The Kier molecular flexibility index (Phi) is 18.7. The second kappa shape index (κ2) is 9.25. The molecule has 7 nitrogen and oxygen atoms in total. The summed E-state index contributed by atoms with van der Waals surface area (Å²) in [5.74, 6) is 0. The maximum atomic E-state index is 9.63. The molecule has 0 aliphatic heterocycles. The van der Waals surface area contributed by atoms with Crippen molar-refractivity contribution in [2.24, 2.45) is 0 Å². The van der Waals surface area contributed by atoms with E-state index in [9.17, 15) is 9.13 Å². The van der Waals surface area contributed by atoms with Crippen LogP contribution in [0.5, 0.6) is 0 Å². The summed E-state index contributed by atoms with van der Waals surface area (Å²) in [7, 11) is -10.1. The Morgan fingerprint density at radius 1 is 1.00 bits per heavy atom. The zero-order chi connectivity index (χ0) is 7.71. The molecule has 0 radical (unpaired) electrons. The first-order valence-electron chi connectivity index (χ1n) is 1.53. The van der Waals surface area contributed by atoms with E-state index in [2.05, 4.69) is 4.31 Å². The molecule has 0 aliphatic carbocycles. The van der Waals surface area contributed by atoms with Gasteiger partial charge in [0.2, 0.25) is 0 Å². The van der Waals surface area contributed by atoms with Crippen molar-refractivity contribution in [3.05, 3.63) is 0 Å². The molecule has 0 unspecified atom stereocenters. The van der Waals surface area contributed by atoms with Gasteiger partial charge in [0.05, 0.1) is 0 Å². The number of hydrogen-bond acceptors (Lipinski definition) is 3. The first-order valence-corrected chi connectivity index (χ1v) is 4.59. The van der Waals surface area contributed by atoms with E-state index in [-0.39, 0.29) is 88.8 Å². The fraction of sp³-hybridized carbons (Fsp3) is 0. The molecule has 0 aliphatic rings. The molecule has 0 aromatic rings. The summed E-state index contributed by atoms with van der Waals surface area (Å²) >= 11 is 0. The number of phosphoric acid groups is 2. The van der Waals surface area contributed by atoms with E-state index in [1.807, 2.05) is 0 Å². The predicted molar refractivity (Wildman–Crippen MR) is 26.3 cm³/mol. The van der Waals surface area contributed by atoms with E-state index in [4.69, 9.17) is 19.6 Å². The van der Waals surface area contributed by atoms with Crippen LogP contribution in [0.3, 0.4) is 0 Å². The second-order valence-corrected chi connectivity index (χ2v) is 3.68. The fourth-order valence-electron chi connectivity index (χ4n) is 0.139. The normalized spacial score (nSPS) is 10.3. The third-order valence-corrected chi connectivity index (χ3v) is 1.91. The summed E-state index contributed by atoms with van der Waals surface area (Å²) in [4.78, 5) is 31.0. The van der Waals surface area contributed by atoms with Gasteiger partial charge >= 0.3 is 67.0 Å². The average Bonchev–Trinajstić information content (AvgIpc) is 1.14. The van der Waals surface area contributed by atoms with Gasteiger partial charge in [-0.2, -0.15) is 4.31 Å². The molecule has 0 aromatic carbocycles. The van der Waals surface area contributed by atoms with Gasteiger partial charge in [0.1, 0.15) is 0 Å². The standard InChI is InChI=1S/K.Ni.H4O7P2.Zn.H/c;;1-8(2,3)7-9(4,5)6;;/h;;(H2,1,2,3)(H2,4,5,6);;/q+1;;;;-1. The van der Waals surface area contributed by atoms with E-state index in [0.717, 1.165) is 0 Å². The van der Waals surface area contributed by atoms with E-state index in [1.54, 1.807) is 0 Å². The van der Waals surface area contributed by atoms with Gasteiger partial charge in [0.25, 0.3) is 0 Å². The molecule has 12 heteroatoms. The summed E-state index contributed by atoms with van der Waals surface area (Å²) in [6.45, 7) is 0. The van der Waals surface area contributed by atoms with Crippen molar-refractivity contribution in [3.8, 4) is 0 Å². The summed E-state index contributed by atoms with van der Waals surface area (Å²) in [6.07, 6.45) is 0. The Hall–Kier alpha value is 3.01. The Bertz CT molecular complexity index is 167. The molecule has 0 rings (SSSR count). The van der Waals surface area contributed by atoms with E-state index in [0.29, 0.717) is 0 Å². The summed E-state index contributed by atoms with van der Waals surface area (Å²) in [5, 5.41) is 0. The van der Waals surface area contributed by atoms with Crippen molar-refractivity contribution in [2.75, 3.05) is 0 Å². The Morgan fingerprint density at radius 3 is 1.17 bits per heavy atom. The molecular formula is H5KNiO7P2Zn. The summed E-state index contributed by atoms with van der Waals surface area (Å²) in [5.41, 5.74) is 0. The molecule has 0 aromatic heterocycles. The minimum absolute atomic E-state index is 0. The van der Waals surface area contributed by atoms with Gasteiger partial charge in [-0.25, -0.2) is 9.13 Å². The molecule has 0 spiro atoms. The largest absolute Gasteiger partial charge is 1.00 e. The quantitative estimate of drug-likeness (QED) is 0.301. The first-order chi connectivity index (χ1) is 3.71. The van der Waals surface area contributed by atoms with Gasteiger partial charge in [-0.3, -0.25) is 0 Å². The van der Waals surface area contributed by atoms with Crippen LogP contribution in [-0.4, -0.2) is 19.6 Å². The Morgan fingerprint density at radius 2 is 1.17 bits per heavy atom. The van der Waals surface area contributed by atoms with E-state index in [1.165, 1.54) is 0 Å². The zero-order valence-corrected chi connectivity index (χ0v) is 14.8. The third-order valence-electron chi connectivity index (χ3n) is 0.213. The van der Waals surface area contributed by atoms with Crippen LogP contribution in [-0.2, 0) is 49.4 Å². The molecule has 4 N–H and O–H groups in total. The van der Waals surface area contributed by atoms with Gasteiger partial charge in [-0.1, -0.05) is 0 Å². The van der Waals surface area contributed by atoms with Crippen LogP contribution in [0.1, 0.15) is 1.43 Å². The van der Waals surface area contributed by atoms with Crippen LogP contribution >= 0.6 is 15.6 Å². The van der Waals surface area contributed by atoms with E-state index < -0.39 is 15.6 Å². The fourth-order valence-corrected chi connectivity index (χ4v) is 1.25. The maximum absolute atomic E-state index is 9.63. The van der Waals surface area contributed by atoms with Gasteiger partial charge in [0.15, 0.2) is 0 Å². The molecular weight excluding hydrogens is 337 g/mol. The van der Waals surface area contributed by atoms with Crippen molar-refractivity contribution in [1.82, 2.24) is 0 Å². The first kappa shape index (κ1) is 24.3. The molecule has 0 saturated heterocycles. The molecule has 0 heterocycles. The van der Waals surface area contributed by atoms with Crippen molar-refractivity contribution < 1.29 is 122 Å². The van der Waals surface area contributed by atoms with E-state index >= 15 is 0 Å². The number of rotatable bonds is 2. The topological polar surface area (TPSA) is 124 Å². The molecule has 70 valence electrons. The Balaban J connectivity index is -0.0000000533. The third kappa shape index (κ3) is 23.1. The average molecular weight is 342 g/mol. The van der Waals surface area contributed by atoms with Crippen LogP contribution in [0, 0.1) is 0 Å². The SMILES string of the molecule is O=P(O)(O)OP(=O)(O)O.[H-].[K+].[Ni].[Zn]. The Labute approximate surface area is 135 Å². The van der Waals surface area contributed by atoms with Gasteiger partial charge in [-0.15, -0.1) is 0 Å². The predicted octanol–water partition coefficient (Wildman–Crippen LogP) is -3.70. The molecule has 0 atom stereocenters. The van der Waals surface area contributed by atoms with Crippen molar-refractivity contribution in [2.45, 2.75) is 0 Å². The zero-order valence-electron chi connectivity index (χ0n) is 6.93. The van der Waals surface area contributed by atoms with Crippen molar-refractivity contribution in [3.63, 3.8) is 0 Å². The van der Waals surface area contributed by atoms with Gasteiger partial charge in [-0.05, 0) is 0 Å². The molecule has 0 bridgehead atoms.